The predicted molar refractivity (Wildman–Crippen MR) is 52.5 cm³/mol. The van der Waals surface area contributed by atoms with Crippen molar-refractivity contribution in [1.82, 2.24) is 0 Å². The number of azide groups is 1. The van der Waals surface area contributed by atoms with Crippen LogP contribution >= 0.6 is 0 Å². The van der Waals surface area contributed by atoms with Crippen LogP contribution in [0.4, 0.5) is 5.69 Å². The third-order valence-corrected chi connectivity index (χ3v) is 1.28. The molecule has 1 N–H and O–H groups in total. The van der Waals surface area contributed by atoms with E-state index in [2.05, 4.69) is 10.0 Å². The molecule has 0 radical (unpaired) electrons. The molecule has 0 amide bonds. The van der Waals surface area contributed by atoms with Crippen molar-refractivity contribution >= 4 is 5.69 Å². The summed E-state index contributed by atoms with van der Waals surface area (Å²) in [7, 11) is 0. The molecule has 0 bridgehead atoms. The Morgan fingerprint density at radius 1 is 1.31 bits per heavy atom. The second-order valence-corrected chi connectivity index (χ2v) is 2.01. The lowest BCUT2D eigenvalue weighted by Gasteiger charge is -1.94. The van der Waals surface area contributed by atoms with Gasteiger partial charge in [0.15, 0.2) is 0 Å². The summed E-state index contributed by atoms with van der Waals surface area (Å²) in [6, 6.07) is 6.74. The second-order valence-electron chi connectivity index (χ2n) is 2.01. The summed E-state index contributed by atoms with van der Waals surface area (Å²) < 4.78 is 0. The summed E-state index contributed by atoms with van der Waals surface area (Å²) in [5.74, 6) is 0. The van der Waals surface area contributed by atoms with Crippen molar-refractivity contribution in [3.05, 3.63) is 40.3 Å². The fraction of sp³-hybridized carbons (Fsp3) is 0.333. The highest BCUT2D eigenvalue weighted by Gasteiger charge is 1.88. The first-order valence-electron chi connectivity index (χ1n) is 4.11. The van der Waals surface area contributed by atoms with Gasteiger partial charge in [-0.2, -0.15) is 0 Å². The minimum absolute atomic E-state index is 0.0105. The molecule has 0 aliphatic heterocycles. The van der Waals surface area contributed by atoms with Crippen molar-refractivity contribution in [3.63, 3.8) is 0 Å². The van der Waals surface area contributed by atoms with Gasteiger partial charge in [0, 0.05) is 10.6 Å². The van der Waals surface area contributed by atoms with E-state index in [1.165, 1.54) is 0 Å². The van der Waals surface area contributed by atoms with Gasteiger partial charge < -0.3 is 5.11 Å². The van der Waals surface area contributed by atoms with E-state index >= 15 is 0 Å². The molecule has 1 aromatic rings. The van der Waals surface area contributed by atoms with E-state index in [0.717, 1.165) is 5.56 Å². The van der Waals surface area contributed by atoms with Crippen LogP contribution in [0.1, 0.15) is 19.4 Å². The lowest BCUT2D eigenvalue weighted by Crippen LogP contribution is -1.78. The van der Waals surface area contributed by atoms with Crippen molar-refractivity contribution < 1.29 is 5.11 Å². The van der Waals surface area contributed by atoms with Crippen molar-refractivity contribution in [3.8, 4) is 0 Å². The van der Waals surface area contributed by atoms with Gasteiger partial charge in [-0.25, -0.2) is 0 Å². The smallest absolute Gasteiger partial charge is 0.0681 e. The largest absolute Gasteiger partial charge is 0.392 e. The predicted octanol–water partition coefficient (Wildman–Crippen LogP) is 3.15. The maximum atomic E-state index is 8.65. The first-order valence-corrected chi connectivity index (χ1v) is 4.11. The van der Waals surface area contributed by atoms with E-state index in [-0.39, 0.29) is 6.61 Å². The average molecular weight is 179 g/mol. The van der Waals surface area contributed by atoms with Crippen LogP contribution in [0, 0.1) is 0 Å². The molecule has 0 aliphatic rings. The van der Waals surface area contributed by atoms with Gasteiger partial charge in [0.1, 0.15) is 0 Å². The van der Waals surface area contributed by atoms with Crippen molar-refractivity contribution in [2.45, 2.75) is 20.5 Å². The van der Waals surface area contributed by atoms with Gasteiger partial charge in [-0.1, -0.05) is 43.2 Å². The van der Waals surface area contributed by atoms with E-state index in [1.54, 1.807) is 24.3 Å². The highest BCUT2D eigenvalue weighted by molar-refractivity contribution is 5.38. The SMILES string of the molecule is CC.[N-]=[N+]=Nc1ccc(CO)cc1. The zero-order chi connectivity index (χ0) is 10.1. The molecule has 0 fully saturated rings. The minimum Gasteiger partial charge on any atom is -0.392 e. The van der Waals surface area contributed by atoms with E-state index in [9.17, 15) is 0 Å². The van der Waals surface area contributed by atoms with Gasteiger partial charge in [0.2, 0.25) is 0 Å². The van der Waals surface area contributed by atoms with E-state index in [1.807, 2.05) is 13.8 Å². The molecule has 0 aromatic heterocycles. The molecule has 0 unspecified atom stereocenters. The molecule has 4 nitrogen and oxygen atoms in total. The van der Waals surface area contributed by atoms with Crippen LogP contribution in [0.5, 0.6) is 0 Å². The van der Waals surface area contributed by atoms with Crippen molar-refractivity contribution in [2.24, 2.45) is 5.11 Å². The Hall–Kier alpha value is -1.51. The number of hydrogen-bond acceptors (Lipinski definition) is 2. The molecule has 13 heavy (non-hydrogen) atoms. The summed E-state index contributed by atoms with van der Waals surface area (Å²) >= 11 is 0. The van der Waals surface area contributed by atoms with Gasteiger partial charge in [-0.05, 0) is 11.1 Å². The van der Waals surface area contributed by atoms with Crippen LogP contribution in [0.15, 0.2) is 29.4 Å². The zero-order valence-electron chi connectivity index (χ0n) is 7.81. The summed E-state index contributed by atoms with van der Waals surface area (Å²) in [4.78, 5) is 2.62. The van der Waals surface area contributed by atoms with Gasteiger partial charge in [0.05, 0.1) is 6.61 Å². The molecular weight excluding hydrogens is 166 g/mol. The van der Waals surface area contributed by atoms with Gasteiger partial charge >= 0.3 is 0 Å². The molecule has 70 valence electrons. The van der Waals surface area contributed by atoms with Gasteiger partial charge in [-0.3, -0.25) is 0 Å². The number of aliphatic hydroxyl groups is 1. The summed E-state index contributed by atoms with van der Waals surface area (Å²) in [6.45, 7) is 4.01. The number of aliphatic hydroxyl groups excluding tert-OH is 1. The Morgan fingerprint density at radius 3 is 2.23 bits per heavy atom. The van der Waals surface area contributed by atoms with Crippen molar-refractivity contribution in [2.75, 3.05) is 0 Å². The molecule has 1 rings (SSSR count). The maximum Gasteiger partial charge on any atom is 0.0681 e. The van der Waals surface area contributed by atoms with Crippen LogP contribution in [-0.2, 0) is 6.61 Å². The summed E-state index contributed by atoms with van der Waals surface area (Å²) in [6.07, 6.45) is 0. The number of rotatable bonds is 2. The first kappa shape index (κ1) is 11.5. The fourth-order valence-corrected chi connectivity index (χ4v) is 0.720. The minimum atomic E-state index is 0.0105. The highest BCUT2D eigenvalue weighted by atomic mass is 16.3. The summed E-state index contributed by atoms with van der Waals surface area (Å²) in [5.41, 5.74) is 9.42. The second kappa shape index (κ2) is 7.16. The van der Waals surface area contributed by atoms with E-state index in [4.69, 9.17) is 10.6 Å². The Labute approximate surface area is 77.5 Å². The molecule has 0 aliphatic carbocycles. The standard InChI is InChI=1S/C7H7N3O.C2H6/c8-10-9-7-3-1-6(5-11)2-4-7;1-2/h1-4,11H,5H2;1-2H3. The Bertz CT molecular complexity index is 275. The van der Waals surface area contributed by atoms with Crippen molar-refractivity contribution in [1.29, 1.82) is 0 Å². The van der Waals surface area contributed by atoms with Crippen LogP contribution in [-0.4, -0.2) is 5.11 Å². The first-order chi connectivity index (χ1) is 6.36. The fourth-order valence-electron chi connectivity index (χ4n) is 0.720. The monoisotopic (exact) mass is 179 g/mol. The Morgan fingerprint density at radius 2 is 1.85 bits per heavy atom. The topological polar surface area (TPSA) is 69.0 Å². The van der Waals surface area contributed by atoms with E-state index in [0.29, 0.717) is 5.69 Å². The van der Waals surface area contributed by atoms with Crippen LogP contribution in [0.3, 0.4) is 0 Å². The molecule has 1 aromatic carbocycles. The number of hydrogen-bond donors (Lipinski definition) is 1. The molecular formula is C9H13N3O. The van der Waals surface area contributed by atoms with Crippen LogP contribution in [0.25, 0.3) is 10.4 Å². The number of nitrogens with zero attached hydrogens (tertiary/aromatic N) is 3. The normalized spacial score (nSPS) is 7.92. The van der Waals surface area contributed by atoms with Gasteiger partial charge in [-0.15, -0.1) is 0 Å². The lowest BCUT2D eigenvalue weighted by molar-refractivity contribution is 0.282. The van der Waals surface area contributed by atoms with Gasteiger partial charge in [0.25, 0.3) is 0 Å². The average Bonchev–Trinajstić information content (AvgIpc) is 2.23. The molecule has 0 heterocycles. The number of benzene rings is 1. The Balaban J connectivity index is 0.000000671. The molecule has 0 atom stereocenters. The highest BCUT2D eigenvalue weighted by Crippen LogP contribution is 2.12. The molecule has 0 spiro atoms. The lowest BCUT2D eigenvalue weighted by atomic mass is 10.2. The molecule has 0 saturated carbocycles. The van der Waals surface area contributed by atoms with Crippen LogP contribution in [0.2, 0.25) is 0 Å². The molecule has 0 saturated heterocycles. The van der Waals surface area contributed by atoms with Crippen LogP contribution < -0.4 is 0 Å². The quantitative estimate of drug-likeness (QED) is 0.423. The summed E-state index contributed by atoms with van der Waals surface area (Å²) in [5, 5.41) is 12.0. The Kier molecular flexibility index (Phi) is 6.32. The maximum absolute atomic E-state index is 8.65. The zero-order valence-corrected chi connectivity index (χ0v) is 7.81. The van der Waals surface area contributed by atoms with E-state index < -0.39 is 0 Å². The third kappa shape index (κ3) is 4.15. The molecule has 4 heteroatoms. The third-order valence-electron chi connectivity index (χ3n) is 1.28.